The third-order valence-electron chi connectivity index (χ3n) is 3.72. The van der Waals surface area contributed by atoms with Gasteiger partial charge >= 0.3 is 0 Å². The molecule has 1 atom stereocenters. The van der Waals surface area contributed by atoms with E-state index >= 15 is 0 Å². The van der Waals surface area contributed by atoms with Crippen LogP contribution in [0.1, 0.15) is 51.0 Å². The molecule has 1 saturated heterocycles. The molecule has 0 radical (unpaired) electrons. The zero-order valence-electron chi connectivity index (χ0n) is 11.8. The first-order chi connectivity index (χ1) is 9.05. The van der Waals surface area contributed by atoms with Crippen molar-refractivity contribution in [1.82, 2.24) is 25.1 Å². The Morgan fingerprint density at radius 2 is 2.11 bits per heavy atom. The van der Waals surface area contributed by atoms with Gasteiger partial charge in [0, 0.05) is 17.9 Å². The van der Waals surface area contributed by atoms with Gasteiger partial charge < -0.3 is 5.32 Å². The van der Waals surface area contributed by atoms with Crippen LogP contribution in [0.5, 0.6) is 0 Å². The van der Waals surface area contributed by atoms with E-state index in [0.717, 1.165) is 36.7 Å². The van der Waals surface area contributed by atoms with Gasteiger partial charge in [-0.1, -0.05) is 20.8 Å². The Labute approximate surface area is 113 Å². The summed E-state index contributed by atoms with van der Waals surface area (Å²) in [5.41, 5.74) is 1.96. The van der Waals surface area contributed by atoms with Crippen molar-refractivity contribution in [3.8, 4) is 0 Å². The fraction of sp³-hybridized carbons (Fsp3) is 0.643. The zero-order valence-corrected chi connectivity index (χ0v) is 11.8. The monoisotopic (exact) mass is 259 g/mol. The number of piperidine rings is 1. The molecule has 0 aromatic carbocycles. The highest BCUT2D eigenvalue weighted by atomic mass is 15.4. The maximum atomic E-state index is 4.75. The van der Waals surface area contributed by atoms with E-state index in [4.69, 9.17) is 5.10 Å². The third kappa shape index (κ3) is 2.34. The lowest BCUT2D eigenvalue weighted by Crippen LogP contribution is -2.29. The maximum absolute atomic E-state index is 4.75. The molecule has 0 bridgehead atoms. The number of nitrogens with one attached hydrogen (secondary N) is 1. The van der Waals surface area contributed by atoms with Crippen LogP contribution in [-0.4, -0.2) is 32.9 Å². The van der Waals surface area contributed by atoms with Gasteiger partial charge in [0.25, 0.3) is 0 Å². The van der Waals surface area contributed by atoms with Gasteiger partial charge in [0.2, 0.25) is 0 Å². The van der Waals surface area contributed by atoms with E-state index in [1.165, 1.54) is 6.42 Å². The molecule has 19 heavy (non-hydrogen) atoms. The zero-order chi connectivity index (χ0) is 13.5. The predicted molar refractivity (Wildman–Crippen MR) is 74.3 cm³/mol. The van der Waals surface area contributed by atoms with Crippen molar-refractivity contribution in [3.05, 3.63) is 23.7 Å². The second kappa shape index (κ2) is 4.56. The van der Waals surface area contributed by atoms with Crippen molar-refractivity contribution >= 4 is 5.65 Å². The average Bonchev–Trinajstić information content (AvgIpc) is 2.81. The first-order valence-corrected chi connectivity index (χ1v) is 6.99. The number of hydrogen-bond acceptors (Lipinski definition) is 4. The minimum Gasteiger partial charge on any atom is -0.316 e. The van der Waals surface area contributed by atoms with Crippen molar-refractivity contribution in [2.45, 2.75) is 44.9 Å². The van der Waals surface area contributed by atoms with Crippen LogP contribution in [0.2, 0.25) is 0 Å². The first kappa shape index (κ1) is 12.5. The Hall–Kier alpha value is -1.49. The van der Waals surface area contributed by atoms with E-state index in [0.29, 0.717) is 5.92 Å². The molecule has 1 N–H and O–H groups in total. The quantitative estimate of drug-likeness (QED) is 0.849. The molecule has 1 fully saturated rings. The molecule has 5 nitrogen and oxygen atoms in total. The lowest BCUT2D eigenvalue weighted by molar-refractivity contribution is 0.438. The Bertz CT molecular complexity index is 575. The average molecular weight is 259 g/mol. The van der Waals surface area contributed by atoms with Gasteiger partial charge in [0.05, 0.1) is 5.69 Å². The molecular weight excluding hydrogens is 238 g/mol. The Morgan fingerprint density at radius 1 is 1.26 bits per heavy atom. The number of nitrogens with zero attached hydrogens (tertiary/aromatic N) is 4. The van der Waals surface area contributed by atoms with Crippen LogP contribution in [0.3, 0.4) is 0 Å². The molecule has 5 heteroatoms. The van der Waals surface area contributed by atoms with Crippen LogP contribution < -0.4 is 5.32 Å². The predicted octanol–water partition coefficient (Wildman–Crippen LogP) is 1.89. The van der Waals surface area contributed by atoms with Crippen molar-refractivity contribution < 1.29 is 0 Å². The standard InChI is InChI=1S/C14H21N5/c1-14(2,3)11-6-7-12-16-17-13(19(12)18-11)10-5-4-8-15-9-10/h6-7,10,15H,4-5,8-9H2,1-3H3. The van der Waals surface area contributed by atoms with Gasteiger partial charge in [-0.25, -0.2) is 0 Å². The minimum absolute atomic E-state index is 0.0422. The fourth-order valence-corrected chi connectivity index (χ4v) is 2.53. The van der Waals surface area contributed by atoms with Gasteiger partial charge in [0.15, 0.2) is 11.5 Å². The molecule has 102 valence electrons. The second-order valence-electron chi connectivity index (χ2n) is 6.34. The topological polar surface area (TPSA) is 55.1 Å². The highest BCUT2D eigenvalue weighted by Crippen LogP contribution is 2.24. The van der Waals surface area contributed by atoms with Crippen LogP contribution >= 0.6 is 0 Å². The summed E-state index contributed by atoms with van der Waals surface area (Å²) >= 11 is 0. The molecule has 0 amide bonds. The smallest absolute Gasteiger partial charge is 0.177 e. The van der Waals surface area contributed by atoms with E-state index in [1.807, 2.05) is 16.6 Å². The van der Waals surface area contributed by atoms with Crippen LogP contribution in [0.4, 0.5) is 0 Å². The molecule has 3 heterocycles. The van der Waals surface area contributed by atoms with Gasteiger partial charge in [-0.3, -0.25) is 0 Å². The molecule has 1 unspecified atom stereocenters. The summed E-state index contributed by atoms with van der Waals surface area (Å²) in [6.07, 6.45) is 2.35. The molecule has 1 aliphatic heterocycles. The molecule has 2 aromatic heterocycles. The maximum Gasteiger partial charge on any atom is 0.177 e. The van der Waals surface area contributed by atoms with Crippen LogP contribution in [0.25, 0.3) is 5.65 Å². The summed E-state index contributed by atoms with van der Waals surface area (Å²) < 4.78 is 1.93. The summed E-state index contributed by atoms with van der Waals surface area (Å²) in [5.74, 6) is 1.42. The normalized spacial score (nSPS) is 20.9. The van der Waals surface area contributed by atoms with Crippen molar-refractivity contribution in [1.29, 1.82) is 0 Å². The van der Waals surface area contributed by atoms with Gasteiger partial charge in [-0.2, -0.15) is 9.61 Å². The molecule has 0 saturated carbocycles. The molecule has 3 rings (SSSR count). The van der Waals surface area contributed by atoms with E-state index < -0.39 is 0 Å². The van der Waals surface area contributed by atoms with E-state index in [-0.39, 0.29) is 5.41 Å². The van der Waals surface area contributed by atoms with E-state index in [1.54, 1.807) is 0 Å². The Morgan fingerprint density at radius 3 is 2.79 bits per heavy atom. The SMILES string of the molecule is CC(C)(C)c1ccc2nnc(C3CCCNC3)n2n1. The van der Waals surface area contributed by atoms with Gasteiger partial charge in [-0.15, -0.1) is 10.2 Å². The number of aromatic nitrogens is 4. The summed E-state index contributed by atoms with van der Waals surface area (Å²) in [6.45, 7) is 8.60. The Balaban J connectivity index is 2.05. The summed E-state index contributed by atoms with van der Waals surface area (Å²) in [6, 6.07) is 4.06. The lowest BCUT2D eigenvalue weighted by Gasteiger charge is -2.21. The number of fused-ring (bicyclic) bond motifs is 1. The second-order valence-corrected chi connectivity index (χ2v) is 6.34. The molecule has 0 aliphatic carbocycles. The van der Waals surface area contributed by atoms with E-state index in [9.17, 15) is 0 Å². The highest BCUT2D eigenvalue weighted by molar-refractivity contribution is 5.37. The lowest BCUT2D eigenvalue weighted by atomic mass is 9.92. The molecule has 2 aromatic rings. The number of hydrogen-bond donors (Lipinski definition) is 1. The third-order valence-corrected chi connectivity index (χ3v) is 3.72. The first-order valence-electron chi connectivity index (χ1n) is 6.99. The minimum atomic E-state index is 0.0422. The van der Waals surface area contributed by atoms with E-state index in [2.05, 4.69) is 36.3 Å². The fourth-order valence-electron chi connectivity index (χ4n) is 2.53. The van der Waals surface area contributed by atoms with Gasteiger partial charge in [-0.05, 0) is 31.5 Å². The largest absolute Gasteiger partial charge is 0.316 e. The number of rotatable bonds is 1. The molecule has 1 aliphatic rings. The van der Waals surface area contributed by atoms with Gasteiger partial charge in [0.1, 0.15) is 0 Å². The summed E-state index contributed by atoms with van der Waals surface area (Å²) in [4.78, 5) is 0. The Kier molecular flexibility index (Phi) is 3.01. The van der Waals surface area contributed by atoms with Crippen LogP contribution in [0.15, 0.2) is 12.1 Å². The van der Waals surface area contributed by atoms with Crippen LogP contribution in [-0.2, 0) is 5.41 Å². The summed E-state index contributed by atoms with van der Waals surface area (Å²) in [7, 11) is 0. The van der Waals surface area contributed by atoms with Crippen molar-refractivity contribution in [2.75, 3.05) is 13.1 Å². The van der Waals surface area contributed by atoms with Crippen molar-refractivity contribution in [3.63, 3.8) is 0 Å². The highest BCUT2D eigenvalue weighted by Gasteiger charge is 2.23. The van der Waals surface area contributed by atoms with Crippen LogP contribution in [0, 0.1) is 0 Å². The molecular formula is C14H21N5. The van der Waals surface area contributed by atoms with Crippen molar-refractivity contribution in [2.24, 2.45) is 0 Å². The molecule has 0 spiro atoms. The summed E-state index contributed by atoms with van der Waals surface area (Å²) in [5, 5.41) is 16.8.